The van der Waals surface area contributed by atoms with E-state index in [9.17, 15) is 19.2 Å². The van der Waals surface area contributed by atoms with Gasteiger partial charge in [0.15, 0.2) is 5.78 Å². The lowest BCUT2D eigenvalue weighted by atomic mass is 10.1. The van der Waals surface area contributed by atoms with Gasteiger partial charge in [-0.25, -0.2) is 9.78 Å². The molecule has 2 heterocycles. The Morgan fingerprint density at radius 1 is 1.22 bits per heavy atom. The lowest BCUT2D eigenvalue weighted by Gasteiger charge is -2.20. The molecule has 2 aromatic rings. The highest BCUT2D eigenvalue weighted by Gasteiger charge is 2.29. The Morgan fingerprint density at radius 2 is 1.85 bits per heavy atom. The number of thioether (sulfide) groups is 1. The van der Waals surface area contributed by atoms with Crippen LogP contribution in [-0.2, 0) is 30.1 Å². The Balaban J connectivity index is 2.84. The van der Waals surface area contributed by atoms with Crippen LogP contribution in [0, 0.1) is 0 Å². The third kappa shape index (κ3) is 3.83. The van der Waals surface area contributed by atoms with E-state index in [2.05, 4.69) is 4.98 Å². The molecule has 2 rings (SSSR count). The van der Waals surface area contributed by atoms with Crippen molar-refractivity contribution in [3.05, 3.63) is 32.6 Å². The van der Waals surface area contributed by atoms with Gasteiger partial charge >= 0.3 is 5.69 Å². The zero-order valence-corrected chi connectivity index (χ0v) is 17.2. The number of carbonyl (C=O) groups is 2. The van der Waals surface area contributed by atoms with E-state index >= 15 is 0 Å². The zero-order chi connectivity index (χ0) is 20.5. The smallest absolute Gasteiger partial charge is 0.332 e. The quantitative estimate of drug-likeness (QED) is 0.531. The number of carbonyl (C=O) groups excluding carboxylic acids is 2. The molecule has 2 aromatic heterocycles. The maximum Gasteiger partial charge on any atom is 0.332 e. The Bertz CT molecular complexity index is 1020. The van der Waals surface area contributed by atoms with Crippen molar-refractivity contribution in [2.24, 2.45) is 14.1 Å². The number of amides is 1. The first-order valence-electron chi connectivity index (χ1n) is 8.57. The molecule has 0 radical (unpaired) electrons. The summed E-state index contributed by atoms with van der Waals surface area (Å²) in [5.41, 5.74) is 0.0564. The van der Waals surface area contributed by atoms with Gasteiger partial charge in [-0.3, -0.25) is 23.5 Å². The van der Waals surface area contributed by atoms with Crippen molar-refractivity contribution in [1.29, 1.82) is 0 Å². The van der Waals surface area contributed by atoms with Crippen LogP contribution in [0.25, 0.3) is 11.0 Å². The van der Waals surface area contributed by atoms with Crippen molar-refractivity contribution in [3.8, 4) is 0 Å². The second-order valence-electron chi connectivity index (χ2n) is 6.61. The summed E-state index contributed by atoms with van der Waals surface area (Å²) in [6, 6.07) is 0. The van der Waals surface area contributed by atoms with Crippen molar-refractivity contribution in [2.75, 3.05) is 14.1 Å². The van der Waals surface area contributed by atoms with Crippen LogP contribution in [0.15, 0.2) is 20.7 Å². The lowest BCUT2D eigenvalue weighted by Crippen LogP contribution is -2.38. The molecule has 0 saturated heterocycles. The SMILES string of the molecule is CCCc1cnc2c(c1S[C@H](C(C)=O)C(=O)N(C)C)c(=O)n(C)c(=O)n2C. The van der Waals surface area contributed by atoms with Crippen LogP contribution < -0.4 is 11.2 Å². The number of Topliss-reactive ketones (excluding diaryl/α,β-unsaturated/α-hetero) is 1. The van der Waals surface area contributed by atoms with E-state index in [1.807, 2.05) is 6.92 Å². The number of rotatable bonds is 6. The summed E-state index contributed by atoms with van der Waals surface area (Å²) in [6.45, 7) is 3.35. The molecule has 0 N–H and O–H groups in total. The highest BCUT2D eigenvalue weighted by molar-refractivity contribution is 8.01. The molecule has 0 bridgehead atoms. The molecule has 0 saturated carbocycles. The van der Waals surface area contributed by atoms with Gasteiger partial charge in [-0.1, -0.05) is 13.3 Å². The van der Waals surface area contributed by atoms with Gasteiger partial charge in [0, 0.05) is 39.3 Å². The van der Waals surface area contributed by atoms with Crippen molar-refractivity contribution in [2.45, 2.75) is 36.8 Å². The molecule has 0 aliphatic carbocycles. The molecule has 0 aliphatic rings. The van der Waals surface area contributed by atoms with Crippen LogP contribution in [0.1, 0.15) is 25.8 Å². The summed E-state index contributed by atoms with van der Waals surface area (Å²) in [5.74, 6) is -0.644. The largest absolute Gasteiger partial charge is 0.347 e. The number of nitrogens with zero attached hydrogens (tertiary/aromatic N) is 4. The van der Waals surface area contributed by atoms with Crippen molar-refractivity contribution in [1.82, 2.24) is 19.0 Å². The first-order chi connectivity index (χ1) is 12.6. The molecule has 0 unspecified atom stereocenters. The van der Waals surface area contributed by atoms with E-state index in [4.69, 9.17) is 0 Å². The predicted molar refractivity (Wildman–Crippen MR) is 105 cm³/mol. The second kappa shape index (κ2) is 8.08. The summed E-state index contributed by atoms with van der Waals surface area (Å²) in [7, 11) is 6.11. The minimum absolute atomic E-state index is 0.241. The van der Waals surface area contributed by atoms with Crippen LogP contribution in [0.5, 0.6) is 0 Å². The van der Waals surface area contributed by atoms with Gasteiger partial charge in [0.25, 0.3) is 5.56 Å². The van der Waals surface area contributed by atoms with E-state index in [1.54, 1.807) is 27.3 Å². The monoisotopic (exact) mass is 392 g/mol. The van der Waals surface area contributed by atoms with Crippen molar-refractivity contribution >= 4 is 34.5 Å². The van der Waals surface area contributed by atoms with Crippen LogP contribution in [-0.4, -0.2) is 50.1 Å². The number of pyridine rings is 1. The fourth-order valence-corrected chi connectivity index (χ4v) is 4.10. The molecule has 1 amide bonds. The van der Waals surface area contributed by atoms with E-state index in [1.165, 1.54) is 23.4 Å². The molecule has 0 spiro atoms. The van der Waals surface area contributed by atoms with Crippen LogP contribution in [0.3, 0.4) is 0 Å². The summed E-state index contributed by atoms with van der Waals surface area (Å²) < 4.78 is 2.31. The highest BCUT2D eigenvalue weighted by Crippen LogP contribution is 2.33. The molecule has 146 valence electrons. The van der Waals surface area contributed by atoms with Gasteiger partial charge in [-0.15, -0.1) is 11.8 Å². The Kier molecular flexibility index (Phi) is 6.25. The molecule has 0 fully saturated rings. The van der Waals surface area contributed by atoms with Crippen molar-refractivity contribution < 1.29 is 9.59 Å². The fraction of sp³-hybridized carbons (Fsp3) is 0.500. The summed E-state index contributed by atoms with van der Waals surface area (Å²) in [6.07, 6.45) is 3.06. The highest BCUT2D eigenvalue weighted by atomic mass is 32.2. The van der Waals surface area contributed by atoms with E-state index in [-0.39, 0.29) is 22.7 Å². The topological polar surface area (TPSA) is 94.3 Å². The minimum Gasteiger partial charge on any atom is -0.347 e. The molecule has 9 heteroatoms. The standard InChI is InChI=1S/C18H24N4O4S/c1-7-8-11-9-19-15-12(16(24)22(6)18(26)21(15)5)14(11)27-13(10(2)23)17(25)20(3)4/h9,13H,7-8H2,1-6H3/t13-/m1/s1. The van der Waals surface area contributed by atoms with Gasteiger partial charge in [-0.05, 0) is 18.9 Å². The van der Waals surface area contributed by atoms with Gasteiger partial charge in [-0.2, -0.15) is 0 Å². The fourth-order valence-electron chi connectivity index (χ4n) is 2.78. The number of fused-ring (bicyclic) bond motifs is 1. The Morgan fingerprint density at radius 3 is 2.37 bits per heavy atom. The second-order valence-corrected chi connectivity index (χ2v) is 7.72. The molecular weight excluding hydrogens is 368 g/mol. The summed E-state index contributed by atoms with van der Waals surface area (Å²) >= 11 is 1.06. The normalized spacial score (nSPS) is 12.2. The first-order valence-corrected chi connectivity index (χ1v) is 9.45. The predicted octanol–water partition coefficient (Wildman–Crippen LogP) is 0.723. The lowest BCUT2D eigenvalue weighted by molar-refractivity contribution is -0.132. The summed E-state index contributed by atoms with van der Waals surface area (Å²) in [4.78, 5) is 55.9. The average molecular weight is 392 g/mol. The third-order valence-electron chi connectivity index (χ3n) is 4.28. The molecule has 0 aliphatic heterocycles. The van der Waals surface area contributed by atoms with Gasteiger partial charge < -0.3 is 4.90 Å². The van der Waals surface area contributed by atoms with E-state index in [0.29, 0.717) is 11.3 Å². The number of ketones is 1. The maximum atomic E-state index is 12.8. The molecule has 1 atom stereocenters. The number of hydrogen-bond donors (Lipinski definition) is 0. The number of aromatic nitrogens is 3. The first kappa shape index (κ1) is 20.9. The minimum atomic E-state index is -0.969. The van der Waals surface area contributed by atoms with Gasteiger partial charge in [0.2, 0.25) is 5.91 Å². The Labute approximate surface area is 161 Å². The summed E-state index contributed by atoms with van der Waals surface area (Å²) in [5, 5.41) is -0.712. The molecular formula is C18H24N4O4S. The van der Waals surface area contributed by atoms with Crippen LogP contribution >= 0.6 is 11.8 Å². The number of aryl methyl sites for hydroxylation is 2. The Hall–Kier alpha value is -2.42. The van der Waals surface area contributed by atoms with E-state index < -0.39 is 16.5 Å². The molecule has 27 heavy (non-hydrogen) atoms. The van der Waals surface area contributed by atoms with Crippen molar-refractivity contribution in [3.63, 3.8) is 0 Å². The zero-order valence-electron chi connectivity index (χ0n) is 16.4. The van der Waals surface area contributed by atoms with Gasteiger partial charge in [0.05, 0.1) is 5.39 Å². The third-order valence-corrected chi connectivity index (χ3v) is 5.76. The van der Waals surface area contributed by atoms with E-state index in [0.717, 1.165) is 28.3 Å². The average Bonchev–Trinajstić information content (AvgIpc) is 2.62. The van der Waals surface area contributed by atoms with Crippen LogP contribution in [0.4, 0.5) is 0 Å². The maximum absolute atomic E-state index is 12.8. The van der Waals surface area contributed by atoms with Gasteiger partial charge in [0.1, 0.15) is 10.9 Å². The molecule has 8 nitrogen and oxygen atoms in total. The van der Waals surface area contributed by atoms with Crippen LogP contribution in [0.2, 0.25) is 0 Å². The number of hydrogen-bond acceptors (Lipinski definition) is 6. The molecule has 0 aromatic carbocycles.